The van der Waals surface area contributed by atoms with E-state index in [4.69, 9.17) is 12.2 Å². The summed E-state index contributed by atoms with van der Waals surface area (Å²) in [5.74, 6) is -0.303. The highest BCUT2D eigenvalue weighted by Crippen LogP contribution is 2.15. The normalized spacial score (nSPS) is 10.6. The molecule has 0 saturated heterocycles. The number of hydrogen-bond donors (Lipinski definition) is 2. The molecule has 1 aromatic heterocycles. The first-order valence-electron chi connectivity index (χ1n) is 6.16. The van der Waals surface area contributed by atoms with Crippen molar-refractivity contribution in [2.75, 3.05) is 0 Å². The first-order chi connectivity index (χ1) is 9.45. The molecule has 0 bridgehead atoms. The van der Waals surface area contributed by atoms with E-state index in [1.54, 1.807) is 19.1 Å². The molecule has 6 heteroatoms. The molecule has 0 fully saturated rings. The minimum Gasteiger partial charge on any atom is -0.352 e. The van der Waals surface area contributed by atoms with E-state index in [1.165, 1.54) is 17.4 Å². The Morgan fingerprint density at radius 2 is 2.20 bits per heavy atom. The summed E-state index contributed by atoms with van der Waals surface area (Å²) in [6.45, 7) is 4.00. The summed E-state index contributed by atoms with van der Waals surface area (Å²) < 4.78 is 13.8. The quantitative estimate of drug-likeness (QED) is 0.850. The molecule has 1 aromatic carbocycles. The first-order valence-corrected chi connectivity index (χ1v) is 7.38. The molecule has 0 aliphatic rings. The maximum atomic E-state index is 13.1. The fraction of sp³-hybridized carbons (Fsp3) is 0.286. The lowest BCUT2D eigenvalue weighted by Crippen LogP contribution is -2.24. The zero-order chi connectivity index (χ0) is 14.7. The van der Waals surface area contributed by atoms with E-state index in [0.717, 1.165) is 16.1 Å². The third-order valence-corrected chi connectivity index (χ3v) is 4.29. The number of nitrogens with one attached hydrogen (secondary N) is 2. The van der Waals surface area contributed by atoms with Gasteiger partial charge in [0, 0.05) is 17.1 Å². The van der Waals surface area contributed by atoms with Crippen molar-refractivity contribution in [1.29, 1.82) is 0 Å². The molecule has 0 atom stereocenters. The van der Waals surface area contributed by atoms with E-state index >= 15 is 0 Å². The van der Waals surface area contributed by atoms with Gasteiger partial charge < -0.3 is 10.3 Å². The molecule has 0 aliphatic carbocycles. The molecule has 3 nitrogen and oxygen atoms in total. The molecule has 1 heterocycles. The highest BCUT2D eigenvalue weighted by atomic mass is 32.1. The van der Waals surface area contributed by atoms with Crippen LogP contribution in [0.4, 0.5) is 4.39 Å². The van der Waals surface area contributed by atoms with Crippen LogP contribution in [0.5, 0.6) is 0 Å². The lowest BCUT2D eigenvalue weighted by molar-refractivity contribution is -0.120. The summed E-state index contributed by atoms with van der Waals surface area (Å²) in [6.07, 6.45) is 0.309. The fourth-order valence-electron chi connectivity index (χ4n) is 1.83. The van der Waals surface area contributed by atoms with Gasteiger partial charge >= 0.3 is 0 Å². The number of aromatic amines is 1. The number of carbonyl (C=O) groups is 1. The van der Waals surface area contributed by atoms with Crippen molar-refractivity contribution in [3.8, 4) is 0 Å². The van der Waals surface area contributed by atoms with Gasteiger partial charge in [0.15, 0.2) is 3.95 Å². The minimum absolute atomic E-state index is 0.0691. The molecule has 0 spiro atoms. The standard InChI is InChI=1S/C14H15FN2OS2/c1-8-5-10(3-4-11(8)15)7-16-13(18)6-12-9(2)17-14(19)20-12/h3-5H,6-7H2,1-2H3,(H,16,18)(H,17,19). The topological polar surface area (TPSA) is 44.9 Å². The number of carbonyl (C=O) groups excluding carboxylic acids is 1. The van der Waals surface area contributed by atoms with Crippen LogP contribution in [0.15, 0.2) is 18.2 Å². The highest BCUT2D eigenvalue weighted by Gasteiger charge is 2.08. The Labute approximate surface area is 125 Å². The fourth-order valence-corrected chi connectivity index (χ4v) is 3.12. The van der Waals surface area contributed by atoms with Crippen molar-refractivity contribution in [3.05, 3.63) is 49.7 Å². The predicted molar refractivity (Wildman–Crippen MR) is 80.9 cm³/mol. The number of benzene rings is 1. The van der Waals surface area contributed by atoms with Gasteiger partial charge in [-0.15, -0.1) is 11.3 Å². The molecule has 0 radical (unpaired) electrons. The van der Waals surface area contributed by atoms with Gasteiger partial charge in [-0.1, -0.05) is 12.1 Å². The summed E-state index contributed by atoms with van der Waals surface area (Å²) in [4.78, 5) is 15.8. The zero-order valence-electron chi connectivity index (χ0n) is 11.2. The second kappa shape index (κ2) is 6.28. The number of halogens is 1. The summed E-state index contributed by atoms with van der Waals surface area (Å²) in [7, 11) is 0. The van der Waals surface area contributed by atoms with Crippen molar-refractivity contribution in [3.63, 3.8) is 0 Å². The summed E-state index contributed by atoms with van der Waals surface area (Å²) in [5, 5.41) is 2.83. The second-order valence-corrected chi connectivity index (χ2v) is 6.37. The minimum atomic E-state index is -0.234. The van der Waals surface area contributed by atoms with E-state index in [1.807, 2.05) is 6.92 Å². The molecule has 0 aliphatic heterocycles. The second-order valence-electron chi connectivity index (χ2n) is 4.60. The van der Waals surface area contributed by atoms with Crippen molar-refractivity contribution >= 4 is 29.5 Å². The van der Waals surface area contributed by atoms with Crippen LogP contribution in [-0.2, 0) is 17.8 Å². The number of H-pyrrole nitrogens is 1. The van der Waals surface area contributed by atoms with E-state index in [-0.39, 0.29) is 11.7 Å². The van der Waals surface area contributed by atoms with Crippen LogP contribution in [0.25, 0.3) is 0 Å². The van der Waals surface area contributed by atoms with Gasteiger partial charge in [0.2, 0.25) is 5.91 Å². The van der Waals surface area contributed by atoms with Gasteiger partial charge in [-0.25, -0.2) is 4.39 Å². The molecule has 0 unspecified atom stereocenters. The SMILES string of the molecule is Cc1cc(CNC(=O)Cc2sc(=S)[nH]c2C)ccc1F. The molecule has 2 N–H and O–H groups in total. The number of thiazole rings is 1. The average Bonchev–Trinajstić information content (AvgIpc) is 2.69. The molecule has 0 saturated carbocycles. The van der Waals surface area contributed by atoms with Crippen LogP contribution in [0, 0.1) is 23.6 Å². The van der Waals surface area contributed by atoms with Gasteiger partial charge in [-0.2, -0.15) is 0 Å². The van der Waals surface area contributed by atoms with Crippen LogP contribution < -0.4 is 5.32 Å². The number of rotatable bonds is 4. The summed E-state index contributed by atoms with van der Waals surface area (Å²) in [5.41, 5.74) is 2.40. The number of aryl methyl sites for hydroxylation is 2. The number of aromatic nitrogens is 1. The molecular formula is C14H15FN2OS2. The van der Waals surface area contributed by atoms with E-state index < -0.39 is 0 Å². The van der Waals surface area contributed by atoms with Crippen molar-refractivity contribution < 1.29 is 9.18 Å². The van der Waals surface area contributed by atoms with Crippen LogP contribution in [0.1, 0.15) is 21.7 Å². The van der Waals surface area contributed by atoms with Gasteiger partial charge in [-0.05, 0) is 43.3 Å². The van der Waals surface area contributed by atoms with Crippen molar-refractivity contribution in [1.82, 2.24) is 10.3 Å². The third kappa shape index (κ3) is 3.74. The van der Waals surface area contributed by atoms with E-state index in [0.29, 0.717) is 22.5 Å². The maximum absolute atomic E-state index is 13.1. The van der Waals surface area contributed by atoms with E-state index in [9.17, 15) is 9.18 Å². The van der Waals surface area contributed by atoms with Gasteiger partial charge in [0.25, 0.3) is 0 Å². The monoisotopic (exact) mass is 310 g/mol. The smallest absolute Gasteiger partial charge is 0.225 e. The highest BCUT2D eigenvalue weighted by molar-refractivity contribution is 7.73. The largest absolute Gasteiger partial charge is 0.352 e. The Balaban J connectivity index is 1.93. The molecule has 1 amide bonds. The van der Waals surface area contributed by atoms with Crippen LogP contribution in [0.3, 0.4) is 0 Å². The predicted octanol–water partition coefficient (Wildman–Crippen LogP) is 3.42. The lowest BCUT2D eigenvalue weighted by atomic mass is 10.1. The Kier molecular flexibility index (Phi) is 4.67. The lowest BCUT2D eigenvalue weighted by Gasteiger charge is -2.06. The van der Waals surface area contributed by atoms with Crippen LogP contribution in [-0.4, -0.2) is 10.9 Å². The summed E-state index contributed by atoms with van der Waals surface area (Å²) in [6, 6.07) is 4.83. The molecule has 2 rings (SSSR count). The van der Waals surface area contributed by atoms with Crippen LogP contribution in [0.2, 0.25) is 0 Å². The molecule has 20 heavy (non-hydrogen) atoms. The maximum Gasteiger partial charge on any atom is 0.225 e. The first kappa shape index (κ1) is 14.9. The van der Waals surface area contributed by atoms with Crippen molar-refractivity contribution in [2.45, 2.75) is 26.8 Å². The molecular weight excluding hydrogens is 295 g/mol. The van der Waals surface area contributed by atoms with Gasteiger partial charge in [0.05, 0.1) is 6.42 Å². The molecule has 2 aromatic rings. The Morgan fingerprint density at radius 1 is 1.45 bits per heavy atom. The number of amides is 1. The van der Waals surface area contributed by atoms with Gasteiger partial charge in [-0.3, -0.25) is 4.79 Å². The Hall–Kier alpha value is -1.53. The zero-order valence-corrected chi connectivity index (χ0v) is 12.9. The third-order valence-electron chi connectivity index (χ3n) is 2.96. The van der Waals surface area contributed by atoms with Crippen molar-refractivity contribution in [2.24, 2.45) is 0 Å². The summed E-state index contributed by atoms with van der Waals surface area (Å²) >= 11 is 6.45. The average molecular weight is 310 g/mol. The Morgan fingerprint density at radius 3 is 2.80 bits per heavy atom. The van der Waals surface area contributed by atoms with Gasteiger partial charge in [0.1, 0.15) is 5.82 Å². The van der Waals surface area contributed by atoms with E-state index in [2.05, 4.69) is 10.3 Å². The number of hydrogen-bond acceptors (Lipinski definition) is 3. The van der Waals surface area contributed by atoms with Crippen LogP contribution >= 0.6 is 23.6 Å². The Bertz CT molecular complexity index is 691. The molecule has 106 valence electrons.